The van der Waals surface area contributed by atoms with Crippen LogP contribution >= 0.6 is 0 Å². The molecule has 10 heteroatoms. The highest BCUT2D eigenvalue weighted by Gasteiger charge is 2.86. The third-order valence-corrected chi connectivity index (χ3v) is 11.1. The van der Waals surface area contributed by atoms with Crippen LogP contribution in [0.15, 0.2) is 23.0 Å². The molecule has 10 nitrogen and oxygen atoms in total. The van der Waals surface area contributed by atoms with Crippen LogP contribution in [0.3, 0.4) is 0 Å². The average Bonchev–Trinajstić information content (AvgIpc) is 3.32. The van der Waals surface area contributed by atoms with E-state index in [4.69, 9.17) is 23.4 Å². The minimum Gasteiger partial charge on any atom is -0.472 e. The monoisotopic (exact) mass is 544 g/mol. The van der Waals surface area contributed by atoms with Crippen molar-refractivity contribution in [3.8, 4) is 0 Å². The molecule has 5 fully saturated rings. The first-order chi connectivity index (χ1) is 18.3. The minimum atomic E-state index is -1.63. The van der Waals surface area contributed by atoms with Gasteiger partial charge in [0.15, 0.2) is 6.10 Å². The van der Waals surface area contributed by atoms with E-state index in [1.54, 1.807) is 18.6 Å². The third-order valence-electron chi connectivity index (χ3n) is 11.1. The van der Waals surface area contributed by atoms with Gasteiger partial charge >= 0.3 is 17.9 Å². The molecule has 212 valence electrons. The summed E-state index contributed by atoms with van der Waals surface area (Å²) in [5.74, 6) is -4.38. The lowest BCUT2D eigenvalue weighted by Gasteiger charge is -2.65. The van der Waals surface area contributed by atoms with E-state index in [0.29, 0.717) is 12.8 Å². The van der Waals surface area contributed by atoms with Gasteiger partial charge in [-0.1, -0.05) is 27.7 Å². The Morgan fingerprint density at radius 3 is 2.49 bits per heavy atom. The van der Waals surface area contributed by atoms with E-state index in [-0.39, 0.29) is 30.0 Å². The molecule has 1 aromatic heterocycles. The van der Waals surface area contributed by atoms with Crippen LogP contribution in [0.4, 0.5) is 0 Å². The molecular weight excluding hydrogens is 508 g/mol. The first-order valence-electron chi connectivity index (χ1n) is 13.6. The van der Waals surface area contributed by atoms with E-state index >= 15 is 0 Å². The maximum absolute atomic E-state index is 14.4. The van der Waals surface area contributed by atoms with Gasteiger partial charge in [0.05, 0.1) is 32.0 Å². The normalized spacial score (nSPS) is 46.1. The maximum Gasteiger partial charge on any atom is 0.335 e. The summed E-state index contributed by atoms with van der Waals surface area (Å²) in [4.78, 5) is 52.6. The van der Waals surface area contributed by atoms with Crippen molar-refractivity contribution >= 4 is 23.7 Å². The molecule has 1 N–H and O–H groups in total. The van der Waals surface area contributed by atoms with E-state index in [1.165, 1.54) is 14.0 Å². The molecule has 1 spiro atoms. The molecule has 1 aromatic rings. The number of methoxy groups -OCH3 is 1. The van der Waals surface area contributed by atoms with Crippen molar-refractivity contribution in [2.75, 3.05) is 7.11 Å². The maximum atomic E-state index is 14.4. The number of carbonyl (C=O) groups is 4. The fourth-order valence-corrected chi connectivity index (χ4v) is 9.69. The first-order valence-corrected chi connectivity index (χ1v) is 13.6. The summed E-state index contributed by atoms with van der Waals surface area (Å²) < 4.78 is 28.6. The van der Waals surface area contributed by atoms with Crippen molar-refractivity contribution in [2.45, 2.75) is 83.9 Å². The van der Waals surface area contributed by atoms with Gasteiger partial charge in [-0.05, 0) is 18.9 Å². The van der Waals surface area contributed by atoms with Crippen LogP contribution in [0.2, 0.25) is 0 Å². The molecule has 39 heavy (non-hydrogen) atoms. The highest BCUT2D eigenvalue weighted by Crippen LogP contribution is 2.77. The van der Waals surface area contributed by atoms with Crippen molar-refractivity contribution in [2.24, 2.45) is 39.9 Å². The average molecular weight is 545 g/mol. The SMILES string of the molecule is COC(=O)[C@@H](O)C1C(C)(C)[C@H](OC(C)=O)[C@H]2C(=O)[C@]1(C)[C@H]1CC[C@]3(C)[C@@H](CC(=O)O[C@H]3c3ccoc3)[C@]13O[C@H]23. The van der Waals surface area contributed by atoms with Crippen LogP contribution < -0.4 is 0 Å². The lowest BCUT2D eigenvalue weighted by Crippen LogP contribution is -2.74. The predicted octanol–water partition coefficient (Wildman–Crippen LogP) is 2.76. The Labute approximate surface area is 226 Å². The Hall–Kier alpha value is -2.72. The lowest BCUT2D eigenvalue weighted by molar-refractivity contribution is -0.231. The summed E-state index contributed by atoms with van der Waals surface area (Å²) in [5.41, 5.74) is -2.82. The standard InChI is InChI=1S/C29H36O10/c1-13(30)37-23-18-21(33)28(5,20(26(23,2)3)19(32)25(34)35-6)15-7-9-27(4)16(29(15)24(18)39-29)11-17(31)38-22(27)14-8-10-36-12-14/h8,10,12,15-16,18-20,22-24,32H,7,9,11H2,1-6H3/t15-,16-,18-,19+,20?,22+,23-,24-,27-,28-,29-/m1/s1. The molecule has 6 rings (SSSR count). The quantitative estimate of drug-likeness (QED) is 0.342. The zero-order valence-corrected chi connectivity index (χ0v) is 23.1. The smallest absolute Gasteiger partial charge is 0.335 e. The van der Waals surface area contributed by atoms with Gasteiger partial charge in [0.25, 0.3) is 0 Å². The number of rotatable bonds is 4. The molecule has 2 saturated heterocycles. The summed E-state index contributed by atoms with van der Waals surface area (Å²) in [6, 6.07) is 1.79. The number of aliphatic hydroxyl groups excluding tert-OH is 1. The summed E-state index contributed by atoms with van der Waals surface area (Å²) in [5, 5.41) is 11.4. The Kier molecular flexibility index (Phi) is 5.54. The van der Waals surface area contributed by atoms with Crippen LogP contribution in [0.25, 0.3) is 0 Å². The summed E-state index contributed by atoms with van der Waals surface area (Å²) in [6.07, 6.45) is 0.741. The Morgan fingerprint density at radius 2 is 1.87 bits per heavy atom. The highest BCUT2D eigenvalue weighted by molar-refractivity contribution is 5.94. The van der Waals surface area contributed by atoms with Gasteiger partial charge in [0, 0.05) is 46.5 Å². The number of ether oxygens (including phenoxy) is 4. The van der Waals surface area contributed by atoms with Crippen molar-refractivity contribution in [1.82, 2.24) is 0 Å². The molecule has 0 radical (unpaired) electrons. The topological polar surface area (TPSA) is 142 Å². The van der Waals surface area contributed by atoms with Gasteiger partial charge < -0.3 is 28.5 Å². The Balaban J connectivity index is 1.52. The largest absolute Gasteiger partial charge is 0.472 e. The number of furan rings is 1. The predicted molar refractivity (Wildman–Crippen MR) is 132 cm³/mol. The molecule has 3 saturated carbocycles. The van der Waals surface area contributed by atoms with Gasteiger partial charge in [-0.15, -0.1) is 0 Å². The van der Waals surface area contributed by atoms with E-state index < -0.39 is 70.0 Å². The zero-order chi connectivity index (χ0) is 28.3. The minimum absolute atomic E-state index is 0.112. The summed E-state index contributed by atoms with van der Waals surface area (Å²) >= 11 is 0. The molecule has 2 aliphatic heterocycles. The lowest BCUT2D eigenvalue weighted by atomic mass is 9.37. The van der Waals surface area contributed by atoms with Crippen LogP contribution in [-0.4, -0.2) is 59.8 Å². The number of cyclic esters (lactones) is 1. The second-order valence-electron chi connectivity index (χ2n) is 13.1. The highest BCUT2D eigenvalue weighted by atomic mass is 16.6. The third kappa shape index (κ3) is 3.16. The van der Waals surface area contributed by atoms with Gasteiger partial charge in [-0.3, -0.25) is 14.4 Å². The van der Waals surface area contributed by atoms with Crippen molar-refractivity contribution in [1.29, 1.82) is 0 Å². The van der Waals surface area contributed by atoms with Gasteiger partial charge in [-0.2, -0.15) is 0 Å². The molecule has 0 aromatic carbocycles. The van der Waals surface area contributed by atoms with E-state index in [2.05, 4.69) is 6.92 Å². The molecule has 2 bridgehead atoms. The van der Waals surface area contributed by atoms with E-state index in [9.17, 15) is 24.3 Å². The number of ketones is 1. The first kappa shape index (κ1) is 26.5. The van der Waals surface area contributed by atoms with Crippen LogP contribution in [0.1, 0.15) is 65.5 Å². The fourth-order valence-electron chi connectivity index (χ4n) is 9.69. The number of fused-ring (bicyclic) bond motifs is 5. The number of esters is 3. The van der Waals surface area contributed by atoms with Crippen LogP contribution in [0.5, 0.6) is 0 Å². The van der Waals surface area contributed by atoms with Crippen molar-refractivity contribution in [3.05, 3.63) is 24.2 Å². The zero-order valence-electron chi connectivity index (χ0n) is 23.1. The number of carbonyl (C=O) groups excluding carboxylic acids is 4. The summed E-state index contributed by atoms with van der Waals surface area (Å²) in [6.45, 7) is 8.83. The van der Waals surface area contributed by atoms with Crippen LogP contribution in [-0.2, 0) is 38.1 Å². The van der Waals surface area contributed by atoms with Crippen LogP contribution in [0, 0.1) is 39.9 Å². The summed E-state index contributed by atoms with van der Waals surface area (Å²) in [7, 11) is 1.19. The van der Waals surface area contributed by atoms with Crippen molar-refractivity contribution < 1.29 is 47.6 Å². The second kappa shape index (κ2) is 8.16. The molecule has 0 amide bonds. The number of hydrogen-bond acceptors (Lipinski definition) is 10. The molecule has 1 unspecified atom stereocenters. The van der Waals surface area contributed by atoms with E-state index in [1.807, 2.05) is 20.8 Å². The number of aliphatic hydroxyl groups is 1. The number of epoxide rings is 1. The van der Waals surface area contributed by atoms with Gasteiger partial charge in [-0.25, -0.2) is 4.79 Å². The molecule has 3 heterocycles. The molecule has 5 aliphatic rings. The Bertz CT molecular complexity index is 1240. The Morgan fingerprint density at radius 1 is 1.15 bits per heavy atom. The van der Waals surface area contributed by atoms with Gasteiger partial charge in [0.2, 0.25) is 0 Å². The fraction of sp³-hybridized carbons (Fsp3) is 0.724. The number of hydrogen-bond donors (Lipinski definition) is 1. The van der Waals surface area contributed by atoms with E-state index in [0.717, 1.165) is 5.56 Å². The molecular formula is C29H36O10. The molecule has 3 aliphatic carbocycles. The second-order valence-corrected chi connectivity index (χ2v) is 13.1. The van der Waals surface area contributed by atoms with Crippen molar-refractivity contribution in [3.63, 3.8) is 0 Å². The van der Waals surface area contributed by atoms with Gasteiger partial charge in [0.1, 0.15) is 29.7 Å². The molecule has 11 atom stereocenters. The number of Topliss-reactive ketones (excluding diaryl/α,β-unsaturated/α-hetero) is 1.